The summed E-state index contributed by atoms with van der Waals surface area (Å²) in [5, 5.41) is 0. The summed E-state index contributed by atoms with van der Waals surface area (Å²) >= 11 is 1.13. The van der Waals surface area contributed by atoms with Gasteiger partial charge in [-0.2, -0.15) is 13.2 Å². The molecule has 0 aliphatic heterocycles. The maximum Gasteiger partial charge on any atom is 0.416 e. The third kappa shape index (κ3) is 3.89. The van der Waals surface area contributed by atoms with Gasteiger partial charge < -0.3 is 0 Å². The van der Waals surface area contributed by atoms with E-state index in [1.165, 1.54) is 6.07 Å². The highest BCUT2D eigenvalue weighted by Gasteiger charge is 2.30. The monoisotopic (exact) mass is 248 g/mol. The van der Waals surface area contributed by atoms with Gasteiger partial charge in [0.2, 0.25) is 0 Å². The van der Waals surface area contributed by atoms with Crippen molar-refractivity contribution in [3.8, 4) is 0 Å². The Hall–Kier alpha value is -0.970. The second-order valence-electron chi connectivity index (χ2n) is 3.21. The highest BCUT2D eigenvalue weighted by Crippen LogP contribution is 2.31. The van der Waals surface area contributed by atoms with Gasteiger partial charge in [0, 0.05) is 11.3 Å². The van der Waals surface area contributed by atoms with Crippen LogP contribution in [0.3, 0.4) is 0 Å². The molecule has 0 amide bonds. The molecule has 1 nitrogen and oxygen atoms in total. The van der Waals surface area contributed by atoms with E-state index in [1.807, 2.05) is 0 Å². The van der Waals surface area contributed by atoms with Gasteiger partial charge in [0.25, 0.3) is 0 Å². The number of hydrogen-bond donors (Lipinski definition) is 0. The summed E-state index contributed by atoms with van der Waals surface area (Å²) in [6, 6.07) is 5.00. The first kappa shape index (κ1) is 13.1. The minimum absolute atomic E-state index is 0.0300. The van der Waals surface area contributed by atoms with Crippen molar-refractivity contribution in [2.45, 2.75) is 24.4 Å². The average Bonchev–Trinajstić information content (AvgIpc) is 2.25. The Morgan fingerprint density at radius 1 is 1.38 bits per heavy atom. The molecule has 0 aromatic heterocycles. The summed E-state index contributed by atoms with van der Waals surface area (Å²) < 4.78 is 37.1. The van der Waals surface area contributed by atoms with E-state index in [0.717, 1.165) is 23.9 Å². The first-order valence-corrected chi connectivity index (χ1v) is 5.74. The quantitative estimate of drug-likeness (QED) is 0.754. The van der Waals surface area contributed by atoms with Crippen LogP contribution in [0.2, 0.25) is 0 Å². The number of alkyl halides is 3. The van der Waals surface area contributed by atoms with Crippen molar-refractivity contribution < 1.29 is 18.0 Å². The molecule has 0 N–H and O–H groups in total. The number of benzene rings is 1. The average molecular weight is 248 g/mol. The first-order valence-electron chi connectivity index (χ1n) is 4.75. The summed E-state index contributed by atoms with van der Waals surface area (Å²) in [5.74, 6) is 0.250. The molecule has 0 aliphatic carbocycles. The summed E-state index contributed by atoms with van der Waals surface area (Å²) in [4.78, 5) is 11.5. The Bertz CT molecular complexity index is 374. The zero-order valence-electron chi connectivity index (χ0n) is 8.67. The second kappa shape index (κ2) is 5.39. The Morgan fingerprint density at radius 3 is 2.62 bits per heavy atom. The molecule has 0 radical (unpaired) electrons. The van der Waals surface area contributed by atoms with E-state index in [9.17, 15) is 18.0 Å². The fraction of sp³-hybridized carbons (Fsp3) is 0.364. The van der Waals surface area contributed by atoms with Crippen LogP contribution in [0.1, 0.15) is 18.9 Å². The zero-order valence-corrected chi connectivity index (χ0v) is 9.49. The maximum atomic E-state index is 12.4. The first-order chi connectivity index (χ1) is 7.43. The van der Waals surface area contributed by atoms with Crippen LogP contribution in [0.25, 0.3) is 0 Å². The Balaban J connectivity index is 2.72. The highest BCUT2D eigenvalue weighted by molar-refractivity contribution is 8.00. The van der Waals surface area contributed by atoms with Crippen LogP contribution in [0.5, 0.6) is 0 Å². The molecular weight excluding hydrogens is 237 g/mol. The van der Waals surface area contributed by atoms with Gasteiger partial charge in [-0.05, 0) is 18.2 Å². The normalized spacial score (nSPS) is 11.5. The van der Waals surface area contributed by atoms with E-state index in [2.05, 4.69) is 0 Å². The number of carbonyl (C=O) groups excluding carboxylic acids is 1. The van der Waals surface area contributed by atoms with Gasteiger partial charge in [-0.1, -0.05) is 13.0 Å². The number of rotatable bonds is 4. The van der Waals surface area contributed by atoms with Crippen molar-refractivity contribution in [1.82, 2.24) is 0 Å². The van der Waals surface area contributed by atoms with Crippen LogP contribution in [0.4, 0.5) is 13.2 Å². The van der Waals surface area contributed by atoms with Gasteiger partial charge in [-0.3, -0.25) is 4.79 Å². The molecule has 0 saturated carbocycles. The summed E-state index contributed by atoms with van der Waals surface area (Å²) in [5.41, 5.74) is -0.679. The Morgan fingerprint density at radius 2 is 2.06 bits per heavy atom. The molecule has 0 aliphatic rings. The summed E-state index contributed by atoms with van der Waals surface area (Å²) in [6.45, 7) is 1.73. The number of Topliss-reactive ketones (excluding diaryl/α,β-unsaturated/α-hetero) is 1. The standard InChI is InChI=1S/C11H11F3OS/c1-2-9(15)7-16-10-5-3-4-8(6-10)11(12,13)14/h3-6H,2,7H2,1H3. The SMILES string of the molecule is CCC(=O)CSc1cccc(C(F)(F)F)c1. The van der Waals surface area contributed by atoms with Gasteiger partial charge in [-0.25, -0.2) is 0 Å². The minimum Gasteiger partial charge on any atom is -0.299 e. The van der Waals surface area contributed by atoms with E-state index in [-0.39, 0.29) is 11.5 Å². The lowest BCUT2D eigenvalue weighted by molar-refractivity contribution is -0.137. The molecule has 5 heteroatoms. The predicted octanol–water partition coefficient (Wildman–Crippen LogP) is 3.78. The number of halogens is 3. The Labute approximate surface area is 96.0 Å². The molecule has 1 aromatic carbocycles. The van der Waals surface area contributed by atoms with Crippen LogP contribution in [-0.2, 0) is 11.0 Å². The number of carbonyl (C=O) groups is 1. The van der Waals surface area contributed by atoms with Gasteiger partial charge in [0.05, 0.1) is 11.3 Å². The zero-order chi connectivity index (χ0) is 12.2. The lowest BCUT2D eigenvalue weighted by Gasteiger charge is -2.07. The van der Waals surface area contributed by atoms with Crippen molar-refractivity contribution in [2.75, 3.05) is 5.75 Å². The van der Waals surface area contributed by atoms with E-state index >= 15 is 0 Å². The molecule has 0 fully saturated rings. The van der Waals surface area contributed by atoms with Crippen molar-refractivity contribution in [2.24, 2.45) is 0 Å². The van der Waals surface area contributed by atoms with Gasteiger partial charge >= 0.3 is 6.18 Å². The molecule has 0 bridgehead atoms. The Kier molecular flexibility index (Phi) is 4.41. The lowest BCUT2D eigenvalue weighted by Crippen LogP contribution is -2.04. The second-order valence-corrected chi connectivity index (χ2v) is 4.26. The molecule has 1 aromatic rings. The van der Waals surface area contributed by atoms with E-state index < -0.39 is 11.7 Å². The molecule has 16 heavy (non-hydrogen) atoms. The molecule has 0 unspecified atom stereocenters. The summed E-state index contributed by atoms with van der Waals surface area (Å²) in [6.07, 6.45) is -3.92. The van der Waals surface area contributed by atoms with Gasteiger partial charge in [-0.15, -0.1) is 11.8 Å². The van der Waals surface area contributed by atoms with Crippen LogP contribution in [0, 0.1) is 0 Å². The number of hydrogen-bond acceptors (Lipinski definition) is 2. The topological polar surface area (TPSA) is 17.1 Å². The maximum absolute atomic E-state index is 12.4. The van der Waals surface area contributed by atoms with Crippen molar-refractivity contribution in [3.63, 3.8) is 0 Å². The van der Waals surface area contributed by atoms with E-state index in [0.29, 0.717) is 11.3 Å². The minimum atomic E-state index is -4.33. The fourth-order valence-electron chi connectivity index (χ4n) is 1.03. The highest BCUT2D eigenvalue weighted by atomic mass is 32.2. The van der Waals surface area contributed by atoms with Gasteiger partial charge in [0.15, 0.2) is 0 Å². The number of ketones is 1. The molecule has 0 saturated heterocycles. The van der Waals surface area contributed by atoms with Crippen LogP contribution in [0.15, 0.2) is 29.2 Å². The van der Waals surface area contributed by atoms with Crippen molar-refractivity contribution in [1.29, 1.82) is 0 Å². The largest absolute Gasteiger partial charge is 0.416 e. The molecule has 1 rings (SSSR count). The molecule has 0 atom stereocenters. The third-order valence-electron chi connectivity index (χ3n) is 1.96. The third-order valence-corrected chi connectivity index (χ3v) is 3.01. The molecule has 0 spiro atoms. The van der Waals surface area contributed by atoms with Crippen molar-refractivity contribution >= 4 is 17.5 Å². The molecule has 88 valence electrons. The van der Waals surface area contributed by atoms with E-state index in [4.69, 9.17) is 0 Å². The summed E-state index contributed by atoms with van der Waals surface area (Å²) in [7, 11) is 0. The fourth-order valence-corrected chi connectivity index (χ4v) is 1.94. The predicted molar refractivity (Wildman–Crippen MR) is 57.5 cm³/mol. The lowest BCUT2D eigenvalue weighted by atomic mass is 10.2. The van der Waals surface area contributed by atoms with E-state index in [1.54, 1.807) is 13.0 Å². The van der Waals surface area contributed by atoms with Gasteiger partial charge in [0.1, 0.15) is 5.78 Å². The number of thioether (sulfide) groups is 1. The van der Waals surface area contributed by atoms with Crippen molar-refractivity contribution in [3.05, 3.63) is 29.8 Å². The molecule has 0 heterocycles. The molecular formula is C11H11F3OS. The van der Waals surface area contributed by atoms with Crippen LogP contribution >= 0.6 is 11.8 Å². The van der Waals surface area contributed by atoms with Crippen LogP contribution < -0.4 is 0 Å². The smallest absolute Gasteiger partial charge is 0.299 e. The van der Waals surface area contributed by atoms with Crippen LogP contribution in [-0.4, -0.2) is 11.5 Å².